The van der Waals surface area contributed by atoms with E-state index in [4.69, 9.17) is 0 Å². The number of aromatic nitrogens is 1. The van der Waals surface area contributed by atoms with Crippen LogP contribution in [0.2, 0.25) is 0 Å². The predicted molar refractivity (Wildman–Crippen MR) is 97.0 cm³/mol. The first-order valence-electron chi connectivity index (χ1n) is 7.81. The summed E-state index contributed by atoms with van der Waals surface area (Å²) in [5, 5.41) is 1.92. The average Bonchev–Trinajstić information content (AvgIpc) is 2.92. The number of fused-ring (bicyclic) bond motifs is 1. The average molecular weight is 364 g/mol. The van der Waals surface area contributed by atoms with E-state index >= 15 is 0 Å². The van der Waals surface area contributed by atoms with E-state index in [-0.39, 0.29) is 29.2 Å². The predicted octanol–water partition coefficient (Wildman–Crippen LogP) is 2.28. The lowest BCUT2D eigenvalue weighted by Gasteiger charge is -2.23. The first-order valence-corrected chi connectivity index (χ1v) is 10.6. The fourth-order valence-corrected chi connectivity index (χ4v) is 5.59. The number of carbonyl (C=O) groups is 1. The first kappa shape index (κ1) is 17.2. The molecule has 1 fully saturated rings. The van der Waals surface area contributed by atoms with Crippen LogP contribution in [0, 0.1) is 6.92 Å². The molecule has 1 aromatic heterocycles. The molecule has 1 saturated heterocycles. The molecule has 1 aromatic carbocycles. The van der Waals surface area contributed by atoms with E-state index in [1.807, 2.05) is 37.3 Å². The van der Waals surface area contributed by atoms with Crippen molar-refractivity contribution >= 4 is 38.4 Å². The number of aryl methyl sites for hydroxylation is 1. The second kappa shape index (κ2) is 6.72. The Hall–Kier alpha value is -1.60. The zero-order valence-corrected chi connectivity index (χ0v) is 15.4. The maximum absolute atomic E-state index is 12.3. The highest BCUT2D eigenvalue weighted by molar-refractivity contribution is 7.99. The van der Waals surface area contributed by atoms with Crippen LogP contribution >= 0.6 is 11.8 Å². The lowest BCUT2D eigenvalue weighted by Crippen LogP contribution is -2.38. The van der Waals surface area contributed by atoms with Crippen LogP contribution in [-0.4, -0.2) is 54.6 Å². The first-order chi connectivity index (χ1) is 11.4. The Bertz CT molecular complexity index is 881. The van der Waals surface area contributed by atoms with Crippen LogP contribution in [0.25, 0.3) is 10.9 Å². The Labute approximate surface area is 146 Å². The summed E-state index contributed by atoms with van der Waals surface area (Å²) < 4.78 is 23.1. The molecule has 1 atom stereocenters. The molecule has 1 amide bonds. The van der Waals surface area contributed by atoms with Gasteiger partial charge in [0, 0.05) is 18.5 Å². The van der Waals surface area contributed by atoms with E-state index in [1.54, 1.807) is 11.9 Å². The number of thioether (sulfide) groups is 1. The Kier molecular flexibility index (Phi) is 4.83. The van der Waals surface area contributed by atoms with Gasteiger partial charge >= 0.3 is 0 Å². The molecular formula is C17H20N2O3S2. The highest BCUT2D eigenvalue weighted by Crippen LogP contribution is 2.24. The van der Waals surface area contributed by atoms with Crippen LogP contribution in [0.4, 0.5) is 0 Å². The largest absolute Gasteiger partial charge is 0.341 e. The van der Waals surface area contributed by atoms with Crippen LogP contribution in [0.15, 0.2) is 35.4 Å². The molecule has 1 aliphatic heterocycles. The van der Waals surface area contributed by atoms with Crippen molar-refractivity contribution in [1.29, 1.82) is 0 Å². The normalized spacial score (nSPS) is 19.5. The SMILES string of the molecule is Cc1cc(SCC(=O)N(C)C2CCS(=O)(=O)C2)nc2ccccc12. The fourth-order valence-electron chi connectivity index (χ4n) is 2.91. The molecule has 7 heteroatoms. The number of sulfone groups is 1. The van der Waals surface area contributed by atoms with Crippen molar-refractivity contribution in [2.45, 2.75) is 24.4 Å². The molecule has 24 heavy (non-hydrogen) atoms. The van der Waals surface area contributed by atoms with Gasteiger partial charge < -0.3 is 4.90 Å². The summed E-state index contributed by atoms with van der Waals surface area (Å²) >= 11 is 1.39. The van der Waals surface area contributed by atoms with Gasteiger partial charge in [-0.15, -0.1) is 0 Å². The van der Waals surface area contributed by atoms with Gasteiger partial charge in [0.1, 0.15) is 0 Å². The van der Waals surface area contributed by atoms with E-state index in [2.05, 4.69) is 4.98 Å². The molecule has 0 N–H and O–H groups in total. The van der Waals surface area contributed by atoms with Gasteiger partial charge in [-0.2, -0.15) is 0 Å². The molecule has 0 radical (unpaired) electrons. The third-order valence-electron chi connectivity index (χ3n) is 4.39. The highest BCUT2D eigenvalue weighted by atomic mass is 32.2. The van der Waals surface area contributed by atoms with Gasteiger partial charge in [-0.1, -0.05) is 30.0 Å². The molecule has 128 valence electrons. The smallest absolute Gasteiger partial charge is 0.233 e. The number of nitrogens with zero attached hydrogens (tertiary/aromatic N) is 2. The van der Waals surface area contributed by atoms with Crippen LogP contribution in [-0.2, 0) is 14.6 Å². The molecule has 1 aliphatic rings. The molecule has 0 bridgehead atoms. The Morgan fingerprint density at radius 1 is 1.38 bits per heavy atom. The number of para-hydroxylation sites is 1. The second-order valence-corrected chi connectivity index (χ2v) is 9.37. The van der Waals surface area contributed by atoms with Crippen molar-refractivity contribution < 1.29 is 13.2 Å². The standard InChI is InChI=1S/C17H20N2O3S2/c1-12-9-16(18-15-6-4-3-5-14(12)15)23-10-17(20)19(2)13-7-8-24(21,22)11-13/h3-6,9,13H,7-8,10-11H2,1-2H3. The highest BCUT2D eigenvalue weighted by Gasteiger charge is 2.32. The summed E-state index contributed by atoms with van der Waals surface area (Å²) in [5.74, 6) is 0.452. The van der Waals surface area contributed by atoms with E-state index in [0.29, 0.717) is 6.42 Å². The number of hydrogen-bond donors (Lipinski definition) is 0. The second-order valence-electron chi connectivity index (χ2n) is 6.14. The summed E-state index contributed by atoms with van der Waals surface area (Å²) in [5.41, 5.74) is 2.05. The van der Waals surface area contributed by atoms with Crippen molar-refractivity contribution in [2.24, 2.45) is 0 Å². The van der Waals surface area contributed by atoms with E-state index in [9.17, 15) is 13.2 Å². The molecule has 1 unspecified atom stereocenters. The van der Waals surface area contributed by atoms with Gasteiger partial charge in [0.25, 0.3) is 0 Å². The van der Waals surface area contributed by atoms with Crippen molar-refractivity contribution in [3.63, 3.8) is 0 Å². The quantitative estimate of drug-likeness (QED) is 0.779. The molecular weight excluding hydrogens is 344 g/mol. The lowest BCUT2D eigenvalue weighted by atomic mass is 10.1. The van der Waals surface area contributed by atoms with Crippen LogP contribution in [0.3, 0.4) is 0 Å². The Balaban J connectivity index is 1.66. The molecule has 2 aromatic rings. The molecule has 0 aliphatic carbocycles. The van der Waals surface area contributed by atoms with E-state index < -0.39 is 9.84 Å². The van der Waals surface area contributed by atoms with Crippen molar-refractivity contribution in [2.75, 3.05) is 24.3 Å². The monoisotopic (exact) mass is 364 g/mol. The number of carbonyl (C=O) groups excluding carboxylic acids is 1. The summed E-state index contributed by atoms with van der Waals surface area (Å²) in [6.45, 7) is 2.03. The Morgan fingerprint density at radius 3 is 2.83 bits per heavy atom. The van der Waals surface area contributed by atoms with E-state index in [0.717, 1.165) is 21.5 Å². The van der Waals surface area contributed by atoms with Gasteiger partial charge in [0.15, 0.2) is 9.84 Å². The molecule has 0 saturated carbocycles. The van der Waals surface area contributed by atoms with Crippen LogP contribution in [0.1, 0.15) is 12.0 Å². The molecule has 2 heterocycles. The number of hydrogen-bond acceptors (Lipinski definition) is 5. The molecule has 0 spiro atoms. The zero-order chi connectivity index (χ0) is 17.3. The van der Waals surface area contributed by atoms with E-state index in [1.165, 1.54) is 11.8 Å². The topological polar surface area (TPSA) is 67.3 Å². The number of pyridine rings is 1. The van der Waals surface area contributed by atoms with Gasteiger partial charge in [-0.3, -0.25) is 4.79 Å². The third-order valence-corrected chi connectivity index (χ3v) is 7.04. The van der Waals surface area contributed by atoms with Crippen molar-refractivity contribution in [1.82, 2.24) is 9.88 Å². The number of rotatable bonds is 4. The number of amides is 1. The minimum atomic E-state index is -2.98. The summed E-state index contributed by atoms with van der Waals surface area (Å²) in [4.78, 5) is 18.5. The van der Waals surface area contributed by atoms with Crippen LogP contribution in [0.5, 0.6) is 0 Å². The maximum Gasteiger partial charge on any atom is 0.233 e. The maximum atomic E-state index is 12.3. The summed E-state index contributed by atoms with van der Waals surface area (Å²) in [6.07, 6.45) is 0.530. The summed E-state index contributed by atoms with van der Waals surface area (Å²) in [6, 6.07) is 9.71. The lowest BCUT2D eigenvalue weighted by molar-refractivity contribution is -0.128. The summed E-state index contributed by atoms with van der Waals surface area (Å²) in [7, 11) is -1.30. The number of benzene rings is 1. The minimum Gasteiger partial charge on any atom is -0.341 e. The Morgan fingerprint density at radius 2 is 2.12 bits per heavy atom. The van der Waals surface area contributed by atoms with Gasteiger partial charge in [0.2, 0.25) is 5.91 Å². The van der Waals surface area contributed by atoms with Gasteiger partial charge in [0.05, 0.1) is 27.8 Å². The van der Waals surface area contributed by atoms with Crippen LogP contribution < -0.4 is 0 Å². The van der Waals surface area contributed by atoms with Crippen molar-refractivity contribution in [3.05, 3.63) is 35.9 Å². The third kappa shape index (κ3) is 3.72. The fraction of sp³-hybridized carbons (Fsp3) is 0.412. The van der Waals surface area contributed by atoms with Gasteiger partial charge in [-0.05, 0) is 31.0 Å². The molecule has 3 rings (SSSR count). The zero-order valence-electron chi connectivity index (χ0n) is 13.7. The minimum absolute atomic E-state index is 0.0605. The van der Waals surface area contributed by atoms with Gasteiger partial charge in [-0.25, -0.2) is 13.4 Å². The van der Waals surface area contributed by atoms with Crippen molar-refractivity contribution in [3.8, 4) is 0 Å². The molecule has 5 nitrogen and oxygen atoms in total.